The molecule has 3 rings (SSSR count). The lowest BCUT2D eigenvalue weighted by molar-refractivity contribution is -0.134. The lowest BCUT2D eigenvalue weighted by Gasteiger charge is -2.37. The Morgan fingerprint density at radius 1 is 1.03 bits per heavy atom. The van der Waals surface area contributed by atoms with Crippen LogP contribution >= 0.6 is 0 Å². The Hall–Kier alpha value is -3.02. The van der Waals surface area contributed by atoms with Crippen LogP contribution in [0.4, 0.5) is 0 Å². The summed E-state index contributed by atoms with van der Waals surface area (Å²) >= 11 is 0. The summed E-state index contributed by atoms with van der Waals surface area (Å²) in [7, 11) is 3.20. The lowest BCUT2D eigenvalue weighted by Crippen LogP contribution is -2.47. The number of hydrogen-bond donors (Lipinski definition) is 1. The van der Waals surface area contributed by atoms with Crippen molar-refractivity contribution >= 4 is 11.8 Å². The van der Waals surface area contributed by atoms with Gasteiger partial charge in [-0.25, -0.2) is 0 Å². The first-order chi connectivity index (χ1) is 14.4. The van der Waals surface area contributed by atoms with E-state index in [1.165, 1.54) is 0 Å². The summed E-state index contributed by atoms with van der Waals surface area (Å²) < 4.78 is 10.8. The molecule has 1 saturated heterocycles. The fourth-order valence-corrected chi connectivity index (χ4v) is 4.05. The van der Waals surface area contributed by atoms with Gasteiger partial charge in [0.05, 0.1) is 26.2 Å². The molecule has 0 radical (unpaired) electrons. The van der Waals surface area contributed by atoms with Crippen LogP contribution < -0.4 is 14.8 Å². The second-order valence-corrected chi connectivity index (χ2v) is 7.81. The molecule has 0 bridgehead atoms. The molecule has 0 saturated carbocycles. The van der Waals surface area contributed by atoms with E-state index in [1.54, 1.807) is 26.0 Å². The number of carbonyl (C=O) groups is 2. The summed E-state index contributed by atoms with van der Waals surface area (Å²) in [6, 6.07) is 15.6. The van der Waals surface area contributed by atoms with Gasteiger partial charge in [0.25, 0.3) is 0 Å². The van der Waals surface area contributed by atoms with Crippen LogP contribution in [-0.2, 0) is 9.59 Å². The molecule has 1 heterocycles. The van der Waals surface area contributed by atoms with Gasteiger partial charge in [-0.1, -0.05) is 36.4 Å². The van der Waals surface area contributed by atoms with Crippen molar-refractivity contribution in [3.05, 3.63) is 59.7 Å². The molecule has 2 aromatic carbocycles. The summed E-state index contributed by atoms with van der Waals surface area (Å²) in [6.45, 7) is 4.55. The number of likely N-dealkylation sites (tertiary alicyclic amines) is 1. The molecule has 0 aromatic heterocycles. The van der Waals surface area contributed by atoms with Crippen LogP contribution in [0.25, 0.3) is 0 Å². The molecule has 1 fully saturated rings. The summed E-state index contributed by atoms with van der Waals surface area (Å²) in [5.41, 5.74) is 2.09. The number of amides is 2. The number of piperidine rings is 1. The maximum absolute atomic E-state index is 13.1. The maximum atomic E-state index is 13.1. The fraction of sp³-hybridized carbons (Fsp3) is 0.417. The number of nitrogens with one attached hydrogen (secondary N) is 1. The van der Waals surface area contributed by atoms with Crippen molar-refractivity contribution in [3.63, 3.8) is 0 Å². The fourth-order valence-electron chi connectivity index (χ4n) is 4.05. The molecule has 2 aromatic rings. The summed E-state index contributed by atoms with van der Waals surface area (Å²) in [5, 5.41) is 3.12. The molecule has 1 aliphatic heterocycles. The van der Waals surface area contributed by atoms with E-state index in [9.17, 15) is 9.59 Å². The van der Waals surface area contributed by atoms with Gasteiger partial charge in [0.15, 0.2) is 11.5 Å². The Bertz CT molecular complexity index is 884. The zero-order valence-corrected chi connectivity index (χ0v) is 18.1. The highest BCUT2D eigenvalue weighted by atomic mass is 16.5. The highest BCUT2D eigenvalue weighted by molar-refractivity contribution is 5.81. The third-order valence-corrected chi connectivity index (χ3v) is 5.80. The van der Waals surface area contributed by atoms with Gasteiger partial charge in [-0.15, -0.1) is 0 Å². The third-order valence-electron chi connectivity index (χ3n) is 5.80. The zero-order chi connectivity index (χ0) is 21.7. The highest BCUT2D eigenvalue weighted by Gasteiger charge is 2.34. The Balaban J connectivity index is 1.78. The van der Waals surface area contributed by atoms with Gasteiger partial charge in [0.2, 0.25) is 11.8 Å². The van der Waals surface area contributed by atoms with Crippen LogP contribution in [0, 0.1) is 5.92 Å². The molecule has 1 aliphatic rings. The van der Waals surface area contributed by atoms with Crippen LogP contribution in [-0.4, -0.2) is 44.0 Å². The molecular weight excluding hydrogens is 380 g/mol. The summed E-state index contributed by atoms with van der Waals surface area (Å²) in [6.07, 6.45) is 0.673. The van der Waals surface area contributed by atoms with Gasteiger partial charge in [-0.3, -0.25) is 9.59 Å². The SMILES string of the molecule is COc1ccc([C@@H]2C[C@H](C(=O)N[C@@H](C)c3ccccc3)CN(C(C)=O)C2)cc1OC. The highest BCUT2D eigenvalue weighted by Crippen LogP contribution is 2.36. The van der Waals surface area contributed by atoms with Crippen LogP contribution in [0.5, 0.6) is 11.5 Å². The first kappa shape index (κ1) is 21.7. The van der Waals surface area contributed by atoms with Gasteiger partial charge in [0.1, 0.15) is 0 Å². The van der Waals surface area contributed by atoms with Crippen molar-refractivity contribution in [2.45, 2.75) is 32.2 Å². The van der Waals surface area contributed by atoms with E-state index in [1.807, 2.05) is 55.5 Å². The third kappa shape index (κ3) is 4.93. The van der Waals surface area contributed by atoms with E-state index in [0.717, 1.165) is 11.1 Å². The minimum Gasteiger partial charge on any atom is -0.493 e. The number of benzene rings is 2. The molecule has 6 heteroatoms. The van der Waals surface area contributed by atoms with Crippen molar-refractivity contribution in [2.24, 2.45) is 5.92 Å². The average Bonchev–Trinajstić information content (AvgIpc) is 2.78. The monoisotopic (exact) mass is 410 g/mol. The largest absolute Gasteiger partial charge is 0.493 e. The first-order valence-corrected chi connectivity index (χ1v) is 10.3. The molecule has 0 unspecified atom stereocenters. The van der Waals surface area contributed by atoms with Crippen LogP contribution in [0.15, 0.2) is 48.5 Å². The van der Waals surface area contributed by atoms with E-state index < -0.39 is 0 Å². The van der Waals surface area contributed by atoms with Crippen molar-refractivity contribution in [1.82, 2.24) is 10.2 Å². The Labute approximate surface area is 178 Å². The number of carbonyl (C=O) groups excluding carboxylic acids is 2. The van der Waals surface area contributed by atoms with Gasteiger partial charge in [-0.05, 0) is 36.6 Å². The Morgan fingerprint density at radius 2 is 1.73 bits per heavy atom. The van der Waals surface area contributed by atoms with Gasteiger partial charge in [-0.2, -0.15) is 0 Å². The molecule has 0 aliphatic carbocycles. The average molecular weight is 411 g/mol. The van der Waals surface area contributed by atoms with E-state index >= 15 is 0 Å². The minimum absolute atomic E-state index is 0.0194. The van der Waals surface area contributed by atoms with Crippen molar-refractivity contribution < 1.29 is 19.1 Å². The number of rotatable bonds is 6. The molecule has 3 atom stereocenters. The second-order valence-electron chi connectivity index (χ2n) is 7.81. The predicted octanol–water partition coefficient (Wildman–Crippen LogP) is 3.53. The molecule has 1 N–H and O–H groups in total. The molecular formula is C24H30N2O4. The van der Waals surface area contributed by atoms with E-state index in [4.69, 9.17) is 9.47 Å². The van der Waals surface area contributed by atoms with Crippen molar-refractivity contribution in [1.29, 1.82) is 0 Å². The Morgan fingerprint density at radius 3 is 2.37 bits per heavy atom. The molecule has 30 heavy (non-hydrogen) atoms. The topological polar surface area (TPSA) is 67.9 Å². The normalized spacial score (nSPS) is 19.7. The second kappa shape index (κ2) is 9.65. The van der Waals surface area contributed by atoms with Crippen molar-refractivity contribution in [3.8, 4) is 11.5 Å². The standard InChI is InChI=1S/C24H30N2O4/c1-16(18-8-6-5-7-9-18)25-24(28)21-12-20(14-26(15-21)17(2)27)19-10-11-22(29-3)23(13-19)30-4/h5-11,13,16,20-21H,12,14-15H2,1-4H3,(H,25,28)/t16-,20+,21-/m0/s1. The smallest absolute Gasteiger partial charge is 0.225 e. The first-order valence-electron chi connectivity index (χ1n) is 10.3. The van der Waals surface area contributed by atoms with E-state index in [0.29, 0.717) is 31.0 Å². The lowest BCUT2D eigenvalue weighted by atomic mass is 9.83. The molecule has 160 valence electrons. The quantitative estimate of drug-likeness (QED) is 0.791. The van der Waals surface area contributed by atoms with E-state index in [-0.39, 0.29) is 29.7 Å². The number of methoxy groups -OCH3 is 2. The Kier molecular flexibility index (Phi) is 6.98. The molecule has 6 nitrogen and oxygen atoms in total. The maximum Gasteiger partial charge on any atom is 0.225 e. The minimum atomic E-state index is -0.271. The van der Waals surface area contributed by atoms with Gasteiger partial charge < -0.3 is 19.7 Å². The van der Waals surface area contributed by atoms with Crippen LogP contribution in [0.1, 0.15) is 43.4 Å². The van der Waals surface area contributed by atoms with Gasteiger partial charge >= 0.3 is 0 Å². The summed E-state index contributed by atoms with van der Waals surface area (Å²) in [5.74, 6) is 1.04. The van der Waals surface area contributed by atoms with Crippen molar-refractivity contribution in [2.75, 3.05) is 27.3 Å². The molecule has 2 amide bonds. The van der Waals surface area contributed by atoms with Gasteiger partial charge in [0, 0.05) is 25.9 Å². The molecule has 0 spiro atoms. The summed E-state index contributed by atoms with van der Waals surface area (Å²) in [4.78, 5) is 27.0. The van der Waals surface area contributed by atoms with E-state index in [2.05, 4.69) is 5.32 Å². The number of ether oxygens (including phenoxy) is 2. The predicted molar refractivity (Wildman–Crippen MR) is 116 cm³/mol. The zero-order valence-electron chi connectivity index (χ0n) is 18.1. The van der Waals surface area contributed by atoms with Crippen LogP contribution in [0.3, 0.4) is 0 Å². The van der Waals surface area contributed by atoms with Crippen LogP contribution in [0.2, 0.25) is 0 Å². The number of nitrogens with zero attached hydrogens (tertiary/aromatic N) is 1. The number of hydrogen-bond acceptors (Lipinski definition) is 4.